The van der Waals surface area contributed by atoms with Gasteiger partial charge in [0.25, 0.3) is 0 Å². The van der Waals surface area contributed by atoms with Crippen molar-refractivity contribution < 1.29 is 9.53 Å². The molecule has 0 aliphatic carbocycles. The number of thiocarbonyl (C=S) groups is 1. The highest BCUT2D eigenvalue weighted by molar-refractivity contribution is 7.80. The van der Waals surface area contributed by atoms with Crippen LogP contribution in [-0.2, 0) is 4.74 Å². The van der Waals surface area contributed by atoms with Gasteiger partial charge in [0.1, 0.15) is 0 Å². The van der Waals surface area contributed by atoms with Gasteiger partial charge in [0, 0.05) is 6.21 Å². The zero-order valence-corrected chi connectivity index (χ0v) is 6.38. The fourth-order valence-electron chi connectivity index (χ4n) is 0.620. The van der Waals surface area contributed by atoms with E-state index in [4.69, 9.17) is 18.0 Å². The molecule has 1 heterocycles. The second-order valence-corrected chi connectivity index (χ2v) is 2.32. The highest BCUT2D eigenvalue weighted by Gasteiger charge is 2.14. The molecule has 5 heteroatoms. The van der Waals surface area contributed by atoms with E-state index in [0.29, 0.717) is 4.86 Å². The molecule has 0 radical (unpaired) electrons. The zero-order chi connectivity index (χ0) is 8.27. The Morgan fingerprint density at radius 2 is 2.55 bits per heavy atom. The molecule has 1 aliphatic rings. The van der Waals surface area contributed by atoms with Gasteiger partial charge in [-0.3, -0.25) is 0 Å². The van der Waals surface area contributed by atoms with Crippen LogP contribution in [0.3, 0.4) is 0 Å². The SMILES string of the molecule is NC(=O)OC1N=CC=CC1=S. The van der Waals surface area contributed by atoms with Crippen molar-refractivity contribution in [3.63, 3.8) is 0 Å². The summed E-state index contributed by atoms with van der Waals surface area (Å²) in [6, 6.07) is 0. The summed E-state index contributed by atoms with van der Waals surface area (Å²) in [5.74, 6) is 0. The molecule has 0 spiro atoms. The minimum atomic E-state index is -0.871. The third kappa shape index (κ3) is 2.12. The Balaban J connectivity index is 2.59. The number of rotatable bonds is 1. The molecule has 11 heavy (non-hydrogen) atoms. The van der Waals surface area contributed by atoms with Crippen LogP contribution in [0, 0.1) is 0 Å². The lowest BCUT2D eigenvalue weighted by atomic mass is 10.3. The van der Waals surface area contributed by atoms with Gasteiger partial charge in [-0.2, -0.15) is 0 Å². The predicted molar refractivity (Wildman–Crippen MR) is 44.7 cm³/mol. The minimum absolute atomic E-state index is 0.450. The molecular formula is C6H6N2O2S. The van der Waals surface area contributed by atoms with Gasteiger partial charge in [-0.15, -0.1) is 0 Å². The van der Waals surface area contributed by atoms with E-state index in [1.807, 2.05) is 0 Å². The smallest absolute Gasteiger partial charge is 0.406 e. The summed E-state index contributed by atoms with van der Waals surface area (Å²) in [5, 5.41) is 0. The van der Waals surface area contributed by atoms with Crippen LogP contribution in [0.5, 0.6) is 0 Å². The van der Waals surface area contributed by atoms with Gasteiger partial charge in [0.2, 0.25) is 6.23 Å². The lowest BCUT2D eigenvalue weighted by molar-refractivity contribution is 0.142. The van der Waals surface area contributed by atoms with E-state index in [-0.39, 0.29) is 0 Å². The standard InChI is InChI=1S/C6H6N2O2S/c7-6(9)10-5-4(11)2-1-3-8-5/h1-3,5H,(H2,7,9). The Labute approximate surface area is 68.7 Å². The molecule has 1 aliphatic heterocycles. The number of carbonyl (C=O) groups is 1. The first kappa shape index (κ1) is 7.87. The number of allylic oxidation sites excluding steroid dienone is 1. The lowest BCUT2D eigenvalue weighted by Gasteiger charge is -2.12. The topological polar surface area (TPSA) is 64.7 Å². The first-order valence-electron chi connectivity index (χ1n) is 2.90. The Hall–Kier alpha value is -1.23. The number of amides is 1. The molecule has 4 nitrogen and oxygen atoms in total. The van der Waals surface area contributed by atoms with Gasteiger partial charge in [-0.25, -0.2) is 9.79 Å². The Morgan fingerprint density at radius 1 is 1.82 bits per heavy atom. The molecule has 1 atom stereocenters. The van der Waals surface area contributed by atoms with Gasteiger partial charge in [-0.05, 0) is 12.2 Å². The zero-order valence-electron chi connectivity index (χ0n) is 5.56. The molecule has 0 bridgehead atoms. The van der Waals surface area contributed by atoms with E-state index in [0.717, 1.165) is 0 Å². The maximum Gasteiger partial charge on any atom is 0.406 e. The van der Waals surface area contributed by atoms with E-state index in [2.05, 4.69) is 9.73 Å². The van der Waals surface area contributed by atoms with E-state index < -0.39 is 12.3 Å². The molecule has 1 amide bonds. The van der Waals surface area contributed by atoms with Crippen LogP contribution in [-0.4, -0.2) is 23.4 Å². The Kier molecular flexibility index (Phi) is 2.32. The molecule has 0 saturated heterocycles. The van der Waals surface area contributed by atoms with Crippen LogP contribution in [0.1, 0.15) is 0 Å². The summed E-state index contributed by atoms with van der Waals surface area (Å²) in [6.45, 7) is 0. The lowest BCUT2D eigenvalue weighted by Crippen LogP contribution is -2.27. The fraction of sp³-hybridized carbons (Fsp3) is 0.167. The van der Waals surface area contributed by atoms with Crippen LogP contribution in [0.4, 0.5) is 4.79 Å². The minimum Gasteiger partial charge on any atom is -0.418 e. The van der Waals surface area contributed by atoms with Crippen molar-refractivity contribution in [1.29, 1.82) is 0 Å². The summed E-state index contributed by atoms with van der Waals surface area (Å²) in [7, 11) is 0. The number of dihydropyridines is 1. The normalized spacial score (nSPS) is 21.8. The van der Waals surface area contributed by atoms with Gasteiger partial charge in [0.15, 0.2) is 0 Å². The maximum absolute atomic E-state index is 10.3. The Bertz CT molecular complexity index is 247. The number of primary amides is 1. The number of aliphatic imine (C=N–C) groups is 1. The molecule has 58 valence electrons. The van der Waals surface area contributed by atoms with Crippen molar-refractivity contribution in [3.05, 3.63) is 12.2 Å². The monoisotopic (exact) mass is 170 g/mol. The van der Waals surface area contributed by atoms with Gasteiger partial charge < -0.3 is 10.5 Å². The van der Waals surface area contributed by atoms with Crippen LogP contribution in [0.25, 0.3) is 0 Å². The number of ether oxygens (including phenoxy) is 1. The van der Waals surface area contributed by atoms with Crippen LogP contribution in [0.2, 0.25) is 0 Å². The molecular weight excluding hydrogens is 164 g/mol. The largest absolute Gasteiger partial charge is 0.418 e. The van der Waals surface area contributed by atoms with Crippen molar-refractivity contribution in [3.8, 4) is 0 Å². The first-order valence-corrected chi connectivity index (χ1v) is 3.31. The summed E-state index contributed by atoms with van der Waals surface area (Å²) in [6.07, 6.45) is 3.22. The van der Waals surface area contributed by atoms with Crippen LogP contribution in [0.15, 0.2) is 17.1 Å². The van der Waals surface area contributed by atoms with E-state index in [1.54, 1.807) is 12.2 Å². The van der Waals surface area contributed by atoms with Crippen molar-refractivity contribution >= 4 is 29.4 Å². The van der Waals surface area contributed by atoms with Crippen molar-refractivity contribution in [2.45, 2.75) is 6.23 Å². The average Bonchev–Trinajstić information content (AvgIpc) is 1.93. The Morgan fingerprint density at radius 3 is 3.09 bits per heavy atom. The van der Waals surface area contributed by atoms with Gasteiger partial charge in [-0.1, -0.05) is 12.2 Å². The third-order valence-corrected chi connectivity index (χ3v) is 1.38. The molecule has 1 unspecified atom stereocenters. The number of nitrogens with zero attached hydrogens (tertiary/aromatic N) is 1. The van der Waals surface area contributed by atoms with E-state index in [1.165, 1.54) is 6.21 Å². The summed E-state index contributed by atoms with van der Waals surface area (Å²) < 4.78 is 4.55. The molecule has 0 saturated carbocycles. The van der Waals surface area contributed by atoms with Crippen LogP contribution >= 0.6 is 12.2 Å². The highest BCUT2D eigenvalue weighted by Crippen LogP contribution is 2.02. The second kappa shape index (κ2) is 3.25. The number of hydrogen-bond donors (Lipinski definition) is 1. The predicted octanol–water partition coefficient (Wildman–Crippen LogP) is 0.418. The van der Waals surface area contributed by atoms with Gasteiger partial charge >= 0.3 is 6.09 Å². The summed E-state index contributed by atoms with van der Waals surface area (Å²) >= 11 is 4.81. The quantitative estimate of drug-likeness (QED) is 0.580. The average molecular weight is 170 g/mol. The summed E-state index contributed by atoms with van der Waals surface area (Å²) in [5.41, 5.74) is 4.77. The number of nitrogens with two attached hydrogens (primary N) is 1. The molecule has 0 aromatic rings. The van der Waals surface area contributed by atoms with Crippen molar-refractivity contribution in [2.75, 3.05) is 0 Å². The highest BCUT2D eigenvalue weighted by atomic mass is 32.1. The molecule has 0 aromatic carbocycles. The third-order valence-electron chi connectivity index (χ3n) is 1.04. The number of carbonyl (C=O) groups excluding carboxylic acids is 1. The van der Waals surface area contributed by atoms with Crippen molar-refractivity contribution in [2.24, 2.45) is 10.7 Å². The van der Waals surface area contributed by atoms with Crippen molar-refractivity contribution in [1.82, 2.24) is 0 Å². The first-order chi connectivity index (χ1) is 5.20. The molecule has 2 N–H and O–H groups in total. The number of hydrogen-bond acceptors (Lipinski definition) is 4. The summed E-state index contributed by atoms with van der Waals surface area (Å²) in [4.78, 5) is 14.5. The van der Waals surface area contributed by atoms with Crippen LogP contribution < -0.4 is 5.73 Å². The maximum atomic E-state index is 10.3. The molecule has 0 aromatic heterocycles. The van der Waals surface area contributed by atoms with E-state index >= 15 is 0 Å². The molecule has 0 fully saturated rings. The fourth-order valence-corrected chi connectivity index (χ4v) is 0.808. The second-order valence-electron chi connectivity index (χ2n) is 1.85. The van der Waals surface area contributed by atoms with Gasteiger partial charge in [0.05, 0.1) is 4.86 Å². The van der Waals surface area contributed by atoms with E-state index in [9.17, 15) is 4.79 Å². The molecule has 1 rings (SSSR count).